The van der Waals surface area contributed by atoms with Crippen molar-refractivity contribution in [3.8, 4) is 5.75 Å². The second kappa shape index (κ2) is 13.5. The van der Waals surface area contributed by atoms with Gasteiger partial charge in [-0.15, -0.1) is 12.4 Å². The lowest BCUT2D eigenvalue weighted by Crippen LogP contribution is -2.53. The van der Waals surface area contributed by atoms with Crippen LogP contribution in [0.1, 0.15) is 55.3 Å². The molecule has 228 valence electrons. The molecular weight excluding hydrogens is 607 g/mol. The van der Waals surface area contributed by atoms with Gasteiger partial charge in [-0.1, -0.05) is 43.1 Å². The molecule has 0 aromatic heterocycles. The van der Waals surface area contributed by atoms with Crippen LogP contribution in [0.4, 0.5) is 0 Å². The minimum absolute atomic E-state index is 0. The van der Waals surface area contributed by atoms with Gasteiger partial charge in [0.25, 0.3) is 10.2 Å². The highest BCUT2D eigenvalue weighted by molar-refractivity contribution is 7.89. The lowest BCUT2D eigenvalue weighted by atomic mass is 9.58. The van der Waals surface area contributed by atoms with Crippen LogP contribution in [-0.4, -0.2) is 77.1 Å². The van der Waals surface area contributed by atoms with Gasteiger partial charge in [-0.2, -0.15) is 21.8 Å². The maximum atomic E-state index is 12.8. The van der Waals surface area contributed by atoms with Crippen LogP contribution < -0.4 is 14.8 Å². The van der Waals surface area contributed by atoms with E-state index in [1.807, 2.05) is 25.1 Å². The van der Waals surface area contributed by atoms with E-state index in [1.165, 1.54) is 31.7 Å². The molecule has 41 heavy (non-hydrogen) atoms. The first-order chi connectivity index (χ1) is 19.1. The highest BCUT2D eigenvalue weighted by Crippen LogP contribution is 2.53. The Morgan fingerprint density at radius 3 is 2.34 bits per heavy atom. The molecule has 5 rings (SSSR count). The number of rotatable bonds is 11. The van der Waals surface area contributed by atoms with Gasteiger partial charge in [0.2, 0.25) is 10.0 Å². The number of hydrogen-bond donors (Lipinski definition) is 2. The number of halogens is 2. The summed E-state index contributed by atoms with van der Waals surface area (Å²) < 4.78 is 61.4. The number of sulfonamides is 1. The van der Waals surface area contributed by atoms with E-state index in [0.29, 0.717) is 12.2 Å². The first-order valence-electron chi connectivity index (χ1n) is 14.1. The molecule has 2 heterocycles. The van der Waals surface area contributed by atoms with Crippen LogP contribution in [0.3, 0.4) is 0 Å². The van der Waals surface area contributed by atoms with Crippen LogP contribution in [0.5, 0.6) is 5.75 Å². The van der Waals surface area contributed by atoms with Gasteiger partial charge in [-0.05, 0) is 73.2 Å². The Kier molecular flexibility index (Phi) is 10.7. The summed E-state index contributed by atoms with van der Waals surface area (Å²) in [6.07, 6.45) is 4.90. The second-order valence-corrected chi connectivity index (χ2v) is 15.2. The van der Waals surface area contributed by atoms with Gasteiger partial charge in [0, 0.05) is 49.2 Å². The van der Waals surface area contributed by atoms with Crippen molar-refractivity contribution in [2.45, 2.75) is 50.5 Å². The number of benzene rings is 2. The van der Waals surface area contributed by atoms with E-state index in [4.69, 9.17) is 16.3 Å². The fourth-order valence-electron chi connectivity index (χ4n) is 6.20. The van der Waals surface area contributed by atoms with Gasteiger partial charge in [-0.3, -0.25) is 0 Å². The van der Waals surface area contributed by atoms with Crippen molar-refractivity contribution >= 4 is 44.2 Å². The minimum Gasteiger partial charge on any atom is -0.492 e. The normalized spacial score (nSPS) is 21.4. The van der Waals surface area contributed by atoms with E-state index in [2.05, 4.69) is 34.3 Å². The average molecular weight is 648 g/mol. The van der Waals surface area contributed by atoms with Gasteiger partial charge >= 0.3 is 0 Å². The van der Waals surface area contributed by atoms with E-state index >= 15 is 0 Å². The molecule has 2 fully saturated rings. The first kappa shape index (κ1) is 32.5. The first-order valence-corrected chi connectivity index (χ1v) is 17.5. The van der Waals surface area contributed by atoms with Crippen molar-refractivity contribution in [2.75, 3.05) is 51.6 Å². The van der Waals surface area contributed by atoms with Crippen LogP contribution in [0.15, 0.2) is 42.5 Å². The molecule has 1 saturated carbocycles. The molecule has 0 amide bonds. The molecule has 2 aromatic carbocycles. The fourth-order valence-corrected chi connectivity index (χ4v) is 8.99. The Balaban J connectivity index is 0.00000387. The molecule has 2 aromatic rings. The van der Waals surface area contributed by atoms with Gasteiger partial charge in [0.05, 0.1) is 5.75 Å². The maximum Gasteiger partial charge on any atom is 0.279 e. The number of ether oxygens (including phenoxy) is 1. The smallest absolute Gasteiger partial charge is 0.279 e. The molecule has 13 heteroatoms. The quantitative estimate of drug-likeness (QED) is 0.361. The summed E-state index contributed by atoms with van der Waals surface area (Å²) in [4.78, 5) is 0. The van der Waals surface area contributed by atoms with Crippen molar-refractivity contribution in [3.05, 3.63) is 64.2 Å². The van der Waals surface area contributed by atoms with Gasteiger partial charge in [0.15, 0.2) is 0 Å². The third-order valence-corrected chi connectivity index (χ3v) is 12.4. The summed E-state index contributed by atoms with van der Waals surface area (Å²) in [5.41, 5.74) is 3.89. The summed E-state index contributed by atoms with van der Waals surface area (Å²) in [6.45, 7) is 3.64. The van der Waals surface area contributed by atoms with Crippen LogP contribution >= 0.6 is 24.0 Å². The molecule has 9 nitrogen and oxygen atoms in total. The minimum atomic E-state index is -3.73. The Labute approximate surface area is 255 Å². The maximum absolute atomic E-state index is 12.8. The predicted molar refractivity (Wildman–Crippen MR) is 165 cm³/mol. The predicted octanol–water partition coefficient (Wildman–Crippen LogP) is 3.64. The summed E-state index contributed by atoms with van der Waals surface area (Å²) in [5.74, 6) is 0.795. The van der Waals surface area contributed by atoms with Crippen molar-refractivity contribution in [1.82, 2.24) is 18.6 Å². The van der Waals surface area contributed by atoms with Crippen molar-refractivity contribution in [2.24, 2.45) is 0 Å². The zero-order valence-electron chi connectivity index (χ0n) is 23.3. The van der Waals surface area contributed by atoms with Crippen LogP contribution in [-0.2, 0) is 32.1 Å². The van der Waals surface area contributed by atoms with Crippen LogP contribution in [0, 0.1) is 0 Å². The van der Waals surface area contributed by atoms with E-state index in [-0.39, 0.29) is 68.9 Å². The van der Waals surface area contributed by atoms with E-state index in [0.717, 1.165) is 30.8 Å². The molecule has 0 radical (unpaired) electrons. The Morgan fingerprint density at radius 2 is 1.71 bits per heavy atom. The van der Waals surface area contributed by atoms with Gasteiger partial charge < -0.3 is 10.1 Å². The number of hydrogen-bond acceptors (Lipinski definition) is 6. The Bertz CT molecular complexity index is 1400. The zero-order chi connectivity index (χ0) is 28.4. The highest BCUT2D eigenvalue weighted by atomic mass is 35.5. The van der Waals surface area contributed by atoms with Gasteiger partial charge in [0.1, 0.15) is 12.4 Å². The molecule has 1 atom stereocenters. The lowest BCUT2D eigenvalue weighted by Gasteiger charge is -2.50. The number of nitrogens with zero attached hydrogens (tertiary/aromatic N) is 2. The monoisotopic (exact) mass is 646 g/mol. The molecule has 1 saturated heterocycles. The average Bonchev–Trinajstić information content (AvgIpc) is 2.92. The topological polar surface area (TPSA) is 108 Å². The number of piperazine rings is 1. The fraction of sp³-hybridized carbons (Fsp3) is 0.571. The van der Waals surface area contributed by atoms with E-state index < -0.39 is 20.2 Å². The van der Waals surface area contributed by atoms with Crippen LogP contribution in [0.25, 0.3) is 0 Å². The third kappa shape index (κ3) is 7.04. The standard InChI is InChI=1S/C28H39ClN4O5S2.ClH/c1-2-20-39(34,35)32-15-17-33(18-16-32)40(36,37)31-14-19-38-25-9-4-22-10-13-30-27(26(22)21-25)28(11-3-12-28)23-5-7-24(29)8-6-23;/h4-9,21,27,30-31H,2-3,10-20H2,1H3;1H. The highest BCUT2D eigenvalue weighted by Gasteiger charge is 2.47. The molecule has 0 bridgehead atoms. The van der Waals surface area contributed by atoms with Crippen LogP contribution in [0.2, 0.25) is 5.02 Å². The summed E-state index contributed by atoms with van der Waals surface area (Å²) in [7, 11) is -7.06. The molecular formula is C28H40Cl2N4O5S2. The SMILES string of the molecule is CCCS(=O)(=O)N1CCN(S(=O)(=O)NCCOc2ccc3c(c2)C(C2(c4ccc(Cl)cc4)CCC2)NCC3)CC1.Cl. The molecule has 0 spiro atoms. The molecule has 3 aliphatic rings. The zero-order valence-corrected chi connectivity index (χ0v) is 26.6. The molecule has 1 unspecified atom stereocenters. The third-order valence-electron chi connectivity index (χ3n) is 8.44. The number of fused-ring (bicyclic) bond motifs is 1. The molecule has 2 aliphatic heterocycles. The molecule has 2 N–H and O–H groups in total. The Morgan fingerprint density at radius 1 is 1.02 bits per heavy atom. The van der Waals surface area contributed by atoms with Crippen molar-refractivity contribution in [3.63, 3.8) is 0 Å². The van der Waals surface area contributed by atoms with Crippen molar-refractivity contribution < 1.29 is 21.6 Å². The molecule has 1 aliphatic carbocycles. The number of nitrogens with one attached hydrogen (secondary N) is 2. The Hall–Kier alpha value is -1.44. The second-order valence-electron chi connectivity index (χ2n) is 10.9. The van der Waals surface area contributed by atoms with Crippen molar-refractivity contribution in [1.29, 1.82) is 0 Å². The lowest BCUT2D eigenvalue weighted by molar-refractivity contribution is 0.164. The summed E-state index contributed by atoms with van der Waals surface area (Å²) in [5, 5.41) is 4.51. The summed E-state index contributed by atoms with van der Waals surface area (Å²) in [6, 6.07) is 14.6. The van der Waals surface area contributed by atoms with Gasteiger partial charge in [-0.25, -0.2) is 8.42 Å². The summed E-state index contributed by atoms with van der Waals surface area (Å²) >= 11 is 6.17. The van der Waals surface area contributed by atoms with E-state index in [1.54, 1.807) is 0 Å². The van der Waals surface area contributed by atoms with E-state index in [9.17, 15) is 16.8 Å². The largest absolute Gasteiger partial charge is 0.492 e.